The number of aromatic nitrogens is 1. The molecule has 1 aliphatic heterocycles. The van der Waals surface area contributed by atoms with Gasteiger partial charge in [-0.25, -0.2) is 0 Å². The molecule has 4 heteroatoms. The second-order valence-electron chi connectivity index (χ2n) is 4.23. The Kier molecular flexibility index (Phi) is 3.71. The molecule has 1 aromatic heterocycles. The van der Waals surface area contributed by atoms with Crippen LogP contribution in [-0.4, -0.2) is 34.2 Å². The van der Waals surface area contributed by atoms with E-state index < -0.39 is 0 Å². The number of thioether (sulfide) groups is 1. The van der Waals surface area contributed by atoms with Gasteiger partial charge in [-0.2, -0.15) is 11.8 Å². The zero-order valence-corrected chi connectivity index (χ0v) is 10.6. The highest BCUT2D eigenvalue weighted by atomic mass is 32.2. The zero-order chi connectivity index (χ0) is 11.5. The van der Waals surface area contributed by atoms with Crippen molar-refractivity contribution in [3.8, 4) is 0 Å². The molecule has 1 aliphatic rings. The first-order valence-corrected chi connectivity index (χ1v) is 6.78. The molecule has 88 valence electrons. The molecular formula is C12H18N2OS. The van der Waals surface area contributed by atoms with Gasteiger partial charge in [-0.3, -0.25) is 4.98 Å². The molecule has 2 rings (SSSR count). The molecule has 1 N–H and O–H groups in total. The summed E-state index contributed by atoms with van der Waals surface area (Å²) in [6.07, 6.45) is 1.79. The Balaban J connectivity index is 2.33. The van der Waals surface area contributed by atoms with E-state index in [1.165, 1.54) is 0 Å². The number of hydrogen-bond donors (Lipinski definition) is 1. The Morgan fingerprint density at radius 3 is 3.12 bits per heavy atom. The average Bonchev–Trinajstić information content (AvgIpc) is 2.29. The number of rotatable bonds is 2. The van der Waals surface area contributed by atoms with Crippen LogP contribution in [0, 0.1) is 6.92 Å². The van der Waals surface area contributed by atoms with Crippen LogP contribution in [0.15, 0.2) is 12.3 Å². The van der Waals surface area contributed by atoms with Gasteiger partial charge in [-0.1, -0.05) is 0 Å². The summed E-state index contributed by atoms with van der Waals surface area (Å²) < 4.78 is 0. The largest absolute Gasteiger partial charge is 0.392 e. The van der Waals surface area contributed by atoms with Crippen molar-refractivity contribution in [3.63, 3.8) is 0 Å². The van der Waals surface area contributed by atoms with Gasteiger partial charge in [0.15, 0.2) is 0 Å². The molecule has 0 saturated carbocycles. The highest BCUT2D eigenvalue weighted by Crippen LogP contribution is 2.27. The third kappa shape index (κ3) is 2.33. The summed E-state index contributed by atoms with van der Waals surface area (Å²) in [6, 6.07) is 2.61. The predicted molar refractivity (Wildman–Crippen MR) is 69.0 cm³/mol. The van der Waals surface area contributed by atoms with Crippen molar-refractivity contribution in [2.24, 2.45) is 0 Å². The van der Waals surface area contributed by atoms with Crippen LogP contribution in [0.1, 0.15) is 18.2 Å². The van der Waals surface area contributed by atoms with Crippen molar-refractivity contribution in [1.29, 1.82) is 0 Å². The summed E-state index contributed by atoms with van der Waals surface area (Å²) in [5, 5.41) is 9.35. The van der Waals surface area contributed by atoms with Crippen molar-refractivity contribution < 1.29 is 5.11 Å². The van der Waals surface area contributed by atoms with Crippen LogP contribution in [-0.2, 0) is 6.61 Å². The number of hydrogen-bond acceptors (Lipinski definition) is 4. The molecule has 0 amide bonds. The Hall–Kier alpha value is -0.740. The van der Waals surface area contributed by atoms with E-state index in [2.05, 4.69) is 22.9 Å². The minimum atomic E-state index is 0.0684. The first-order chi connectivity index (χ1) is 7.72. The topological polar surface area (TPSA) is 36.4 Å². The van der Waals surface area contributed by atoms with Gasteiger partial charge in [-0.05, 0) is 19.9 Å². The summed E-state index contributed by atoms with van der Waals surface area (Å²) >= 11 is 2.00. The molecule has 1 atom stereocenters. The Labute approximate surface area is 101 Å². The molecule has 2 heterocycles. The van der Waals surface area contributed by atoms with Crippen LogP contribution in [0.2, 0.25) is 0 Å². The second-order valence-corrected chi connectivity index (χ2v) is 5.38. The maximum atomic E-state index is 9.35. The lowest BCUT2D eigenvalue weighted by atomic mass is 10.1. The fraction of sp³-hybridized carbons (Fsp3) is 0.583. The van der Waals surface area contributed by atoms with Crippen molar-refractivity contribution >= 4 is 17.4 Å². The number of aliphatic hydroxyl groups excluding tert-OH is 1. The van der Waals surface area contributed by atoms with Crippen molar-refractivity contribution in [1.82, 2.24) is 4.98 Å². The third-order valence-electron chi connectivity index (χ3n) is 2.95. The molecule has 0 bridgehead atoms. The minimum absolute atomic E-state index is 0.0684. The summed E-state index contributed by atoms with van der Waals surface area (Å²) in [5.41, 5.74) is 3.10. The molecule has 1 saturated heterocycles. The predicted octanol–water partition coefficient (Wildman–Crippen LogP) is 1.82. The van der Waals surface area contributed by atoms with E-state index in [0.717, 1.165) is 35.0 Å². The van der Waals surface area contributed by atoms with E-state index in [9.17, 15) is 5.11 Å². The van der Waals surface area contributed by atoms with Crippen LogP contribution in [0.3, 0.4) is 0 Å². The Morgan fingerprint density at radius 2 is 2.44 bits per heavy atom. The number of aliphatic hydroxyl groups is 1. The Morgan fingerprint density at radius 1 is 1.62 bits per heavy atom. The normalized spacial score (nSPS) is 21.2. The first-order valence-electron chi connectivity index (χ1n) is 5.63. The average molecular weight is 238 g/mol. The molecule has 3 nitrogen and oxygen atoms in total. The molecule has 16 heavy (non-hydrogen) atoms. The molecule has 0 spiro atoms. The molecule has 0 radical (unpaired) electrons. The number of aryl methyl sites for hydroxylation is 1. The Bertz CT molecular complexity index is 370. The first kappa shape index (κ1) is 11.7. The zero-order valence-electron chi connectivity index (χ0n) is 9.81. The number of anilines is 1. The van der Waals surface area contributed by atoms with Crippen molar-refractivity contribution in [2.45, 2.75) is 26.5 Å². The summed E-state index contributed by atoms with van der Waals surface area (Å²) in [6.45, 7) is 5.36. The standard InChI is InChI=1S/C12H18N2OS/c1-9-5-12(11(7-15)6-13-9)14-3-4-16-8-10(14)2/h5-6,10,15H,3-4,7-8H2,1-2H3. The van der Waals surface area contributed by atoms with Crippen LogP contribution in [0.4, 0.5) is 5.69 Å². The molecule has 0 aliphatic carbocycles. The molecule has 1 aromatic rings. The monoisotopic (exact) mass is 238 g/mol. The van der Waals surface area contributed by atoms with Crippen molar-refractivity contribution in [2.75, 3.05) is 23.0 Å². The van der Waals surface area contributed by atoms with E-state index >= 15 is 0 Å². The molecule has 1 fully saturated rings. The molecule has 1 unspecified atom stereocenters. The van der Waals surface area contributed by atoms with Crippen LogP contribution >= 0.6 is 11.8 Å². The number of nitrogens with zero attached hydrogens (tertiary/aromatic N) is 2. The van der Waals surface area contributed by atoms with Gasteiger partial charge < -0.3 is 10.0 Å². The van der Waals surface area contributed by atoms with Crippen LogP contribution in [0.25, 0.3) is 0 Å². The quantitative estimate of drug-likeness (QED) is 0.852. The van der Waals surface area contributed by atoms with Gasteiger partial charge in [0.25, 0.3) is 0 Å². The maximum absolute atomic E-state index is 9.35. The summed E-state index contributed by atoms with van der Waals surface area (Å²) in [7, 11) is 0. The highest BCUT2D eigenvalue weighted by molar-refractivity contribution is 7.99. The van der Waals surface area contributed by atoms with Crippen LogP contribution in [0.5, 0.6) is 0 Å². The number of pyridine rings is 1. The third-order valence-corrected chi connectivity index (χ3v) is 4.14. The van der Waals surface area contributed by atoms with E-state index in [1.807, 2.05) is 18.7 Å². The van der Waals surface area contributed by atoms with Crippen LogP contribution < -0.4 is 4.90 Å². The lowest BCUT2D eigenvalue weighted by molar-refractivity contribution is 0.281. The van der Waals surface area contributed by atoms with Gasteiger partial charge in [0.2, 0.25) is 0 Å². The van der Waals surface area contributed by atoms with E-state index in [0.29, 0.717) is 6.04 Å². The van der Waals surface area contributed by atoms with Gasteiger partial charge in [0.05, 0.1) is 6.61 Å². The van der Waals surface area contributed by atoms with Gasteiger partial charge >= 0.3 is 0 Å². The second kappa shape index (κ2) is 5.06. The lowest BCUT2D eigenvalue weighted by Gasteiger charge is -2.36. The molecular weight excluding hydrogens is 220 g/mol. The lowest BCUT2D eigenvalue weighted by Crippen LogP contribution is -2.41. The maximum Gasteiger partial charge on any atom is 0.0717 e. The molecule has 0 aromatic carbocycles. The van der Waals surface area contributed by atoms with Gasteiger partial charge in [-0.15, -0.1) is 0 Å². The van der Waals surface area contributed by atoms with Crippen molar-refractivity contribution in [3.05, 3.63) is 23.5 Å². The smallest absolute Gasteiger partial charge is 0.0717 e. The fourth-order valence-corrected chi connectivity index (χ4v) is 3.06. The van der Waals surface area contributed by atoms with Gasteiger partial charge in [0, 0.05) is 47.2 Å². The van der Waals surface area contributed by atoms with E-state index in [1.54, 1.807) is 6.20 Å². The summed E-state index contributed by atoms with van der Waals surface area (Å²) in [5.74, 6) is 2.32. The van der Waals surface area contributed by atoms with E-state index in [-0.39, 0.29) is 6.61 Å². The SMILES string of the molecule is Cc1cc(N2CCSCC2C)c(CO)cn1. The van der Waals surface area contributed by atoms with Gasteiger partial charge in [0.1, 0.15) is 0 Å². The fourth-order valence-electron chi connectivity index (χ4n) is 2.05. The minimum Gasteiger partial charge on any atom is -0.392 e. The van der Waals surface area contributed by atoms with E-state index in [4.69, 9.17) is 0 Å². The summed E-state index contributed by atoms with van der Waals surface area (Å²) in [4.78, 5) is 6.62. The highest BCUT2D eigenvalue weighted by Gasteiger charge is 2.21.